The maximum Gasteiger partial charge on any atom is 0.269 e. The molecule has 1 aliphatic heterocycles. The number of rotatable bonds is 4. The third kappa shape index (κ3) is 3.29. The number of benzene rings is 1. The second-order valence-electron chi connectivity index (χ2n) is 4.93. The Kier molecular flexibility index (Phi) is 4.12. The highest BCUT2D eigenvalue weighted by Crippen LogP contribution is 2.22. The van der Waals surface area contributed by atoms with Crippen LogP contribution in [0, 0.1) is 10.1 Å². The molecule has 0 spiro atoms. The monoisotopic (exact) mass is 318 g/mol. The van der Waals surface area contributed by atoms with Crippen LogP contribution in [0.5, 0.6) is 0 Å². The zero-order chi connectivity index (χ0) is 15.5. The lowest BCUT2D eigenvalue weighted by atomic mass is 10.2. The summed E-state index contributed by atoms with van der Waals surface area (Å²) < 4.78 is 0. The third-order valence-corrected chi connectivity index (χ3v) is 4.42. The molecule has 0 radical (unpaired) electrons. The van der Waals surface area contributed by atoms with Crippen molar-refractivity contribution in [2.75, 3.05) is 11.9 Å². The number of hydrogen-bond acceptors (Lipinski definition) is 6. The normalized spacial score (nSPS) is 13.5. The van der Waals surface area contributed by atoms with Gasteiger partial charge in [-0.2, -0.15) is 0 Å². The van der Waals surface area contributed by atoms with E-state index in [4.69, 9.17) is 0 Å². The molecule has 8 heteroatoms. The maximum absolute atomic E-state index is 12.0. The van der Waals surface area contributed by atoms with E-state index in [-0.39, 0.29) is 18.0 Å². The van der Waals surface area contributed by atoms with Gasteiger partial charge in [0, 0.05) is 42.2 Å². The molecule has 0 bridgehead atoms. The molecule has 0 fully saturated rings. The van der Waals surface area contributed by atoms with Crippen molar-refractivity contribution in [1.82, 2.24) is 10.3 Å². The highest BCUT2D eigenvalue weighted by atomic mass is 32.1. The van der Waals surface area contributed by atoms with Crippen molar-refractivity contribution >= 4 is 28.6 Å². The molecule has 2 aromatic rings. The van der Waals surface area contributed by atoms with Gasteiger partial charge in [-0.15, -0.1) is 11.3 Å². The standard InChI is InChI=1S/C14H14N4O3S/c19-13(16-9-1-3-10(4-2-9)18(20)21)7-14-17-11-5-6-15-8-12(11)22-14/h1-4,15H,5-8H2,(H,16,19). The number of carbonyl (C=O) groups is 1. The first-order chi connectivity index (χ1) is 10.6. The summed E-state index contributed by atoms with van der Waals surface area (Å²) in [7, 11) is 0. The van der Waals surface area contributed by atoms with Gasteiger partial charge < -0.3 is 10.6 Å². The summed E-state index contributed by atoms with van der Waals surface area (Å²) in [6.45, 7) is 1.74. The molecule has 3 rings (SSSR count). The lowest BCUT2D eigenvalue weighted by molar-refractivity contribution is -0.384. The van der Waals surface area contributed by atoms with Crippen LogP contribution in [0.1, 0.15) is 15.6 Å². The number of thiazole rings is 1. The van der Waals surface area contributed by atoms with Gasteiger partial charge in [-0.25, -0.2) is 4.98 Å². The second-order valence-corrected chi connectivity index (χ2v) is 6.10. The zero-order valence-corrected chi connectivity index (χ0v) is 12.5. The number of fused-ring (bicyclic) bond motifs is 1. The number of carbonyl (C=O) groups excluding carboxylic acids is 1. The molecule has 0 atom stereocenters. The fourth-order valence-electron chi connectivity index (χ4n) is 2.26. The molecule has 0 aliphatic carbocycles. The summed E-state index contributed by atoms with van der Waals surface area (Å²) in [4.78, 5) is 27.8. The number of hydrogen-bond donors (Lipinski definition) is 2. The molecule has 22 heavy (non-hydrogen) atoms. The van der Waals surface area contributed by atoms with Gasteiger partial charge in [0.2, 0.25) is 5.91 Å². The Morgan fingerprint density at radius 2 is 2.18 bits per heavy atom. The summed E-state index contributed by atoms with van der Waals surface area (Å²) in [6.07, 6.45) is 1.12. The molecule has 2 heterocycles. The number of non-ortho nitro benzene ring substituents is 1. The quantitative estimate of drug-likeness (QED) is 0.662. The summed E-state index contributed by atoms with van der Waals surface area (Å²) in [5.74, 6) is -0.173. The van der Waals surface area contributed by atoms with Gasteiger partial charge in [-0.3, -0.25) is 14.9 Å². The van der Waals surface area contributed by atoms with Crippen molar-refractivity contribution in [2.24, 2.45) is 0 Å². The van der Waals surface area contributed by atoms with Crippen molar-refractivity contribution in [3.63, 3.8) is 0 Å². The summed E-state index contributed by atoms with van der Waals surface area (Å²) in [5.41, 5.74) is 1.62. The summed E-state index contributed by atoms with van der Waals surface area (Å²) in [5, 5.41) is 17.4. The molecule has 0 saturated heterocycles. The van der Waals surface area contributed by atoms with Gasteiger partial charge in [-0.1, -0.05) is 0 Å². The topological polar surface area (TPSA) is 97.2 Å². The van der Waals surface area contributed by atoms with E-state index in [0.29, 0.717) is 5.69 Å². The molecular weight excluding hydrogens is 304 g/mol. The first-order valence-corrected chi connectivity index (χ1v) is 7.66. The second kappa shape index (κ2) is 6.20. The molecule has 1 aromatic heterocycles. The Bertz CT molecular complexity index is 688. The highest BCUT2D eigenvalue weighted by molar-refractivity contribution is 7.11. The predicted molar refractivity (Wildman–Crippen MR) is 83.0 cm³/mol. The Hall–Kier alpha value is -2.32. The summed E-state index contributed by atoms with van der Waals surface area (Å²) >= 11 is 1.56. The fraction of sp³-hybridized carbons (Fsp3) is 0.286. The minimum atomic E-state index is -0.472. The van der Waals surface area contributed by atoms with E-state index >= 15 is 0 Å². The number of amides is 1. The average molecular weight is 318 g/mol. The fourth-order valence-corrected chi connectivity index (χ4v) is 3.35. The molecule has 7 nitrogen and oxygen atoms in total. The molecule has 0 unspecified atom stereocenters. The van der Waals surface area contributed by atoms with Crippen LogP contribution in [0.2, 0.25) is 0 Å². The van der Waals surface area contributed by atoms with E-state index in [1.165, 1.54) is 29.1 Å². The van der Waals surface area contributed by atoms with Crippen LogP contribution >= 0.6 is 11.3 Å². The molecule has 2 N–H and O–H groups in total. The number of nitro groups is 1. The van der Waals surface area contributed by atoms with Crippen LogP contribution < -0.4 is 10.6 Å². The first-order valence-electron chi connectivity index (χ1n) is 6.84. The Morgan fingerprint density at radius 3 is 2.86 bits per heavy atom. The lowest BCUT2D eigenvalue weighted by Crippen LogP contribution is -2.22. The van der Waals surface area contributed by atoms with Crippen LogP contribution in [0.25, 0.3) is 0 Å². The number of nitrogens with one attached hydrogen (secondary N) is 2. The summed E-state index contributed by atoms with van der Waals surface area (Å²) in [6, 6.07) is 5.77. The van der Waals surface area contributed by atoms with Crippen molar-refractivity contribution < 1.29 is 9.72 Å². The average Bonchev–Trinajstić information content (AvgIpc) is 2.89. The van der Waals surface area contributed by atoms with Crippen molar-refractivity contribution in [1.29, 1.82) is 0 Å². The number of nitrogens with zero attached hydrogens (tertiary/aromatic N) is 2. The van der Waals surface area contributed by atoms with Gasteiger partial charge in [0.15, 0.2) is 0 Å². The largest absolute Gasteiger partial charge is 0.326 e. The minimum absolute atomic E-state index is 0.00176. The van der Waals surface area contributed by atoms with Crippen molar-refractivity contribution in [2.45, 2.75) is 19.4 Å². The van der Waals surface area contributed by atoms with Crippen LogP contribution in [0.3, 0.4) is 0 Å². The van der Waals surface area contributed by atoms with Crippen LogP contribution in [-0.4, -0.2) is 22.4 Å². The van der Waals surface area contributed by atoms with Crippen LogP contribution in [0.15, 0.2) is 24.3 Å². The van der Waals surface area contributed by atoms with E-state index in [0.717, 1.165) is 30.2 Å². The predicted octanol–water partition coefficient (Wildman–Crippen LogP) is 1.88. The van der Waals surface area contributed by atoms with Gasteiger partial charge in [0.05, 0.1) is 17.0 Å². The zero-order valence-electron chi connectivity index (χ0n) is 11.7. The number of anilines is 1. The van der Waals surface area contributed by atoms with Crippen molar-refractivity contribution in [3.05, 3.63) is 50.0 Å². The molecule has 0 saturated carbocycles. The first kappa shape index (κ1) is 14.6. The van der Waals surface area contributed by atoms with E-state index in [1.54, 1.807) is 11.3 Å². The number of aromatic nitrogens is 1. The van der Waals surface area contributed by atoms with Gasteiger partial charge in [-0.05, 0) is 12.1 Å². The minimum Gasteiger partial charge on any atom is -0.326 e. The van der Waals surface area contributed by atoms with Gasteiger partial charge in [0.25, 0.3) is 5.69 Å². The van der Waals surface area contributed by atoms with Crippen LogP contribution in [0.4, 0.5) is 11.4 Å². The SMILES string of the molecule is O=C(Cc1nc2c(s1)CNCC2)Nc1ccc([N+](=O)[O-])cc1. The van der Waals surface area contributed by atoms with E-state index in [1.807, 2.05) is 0 Å². The molecule has 1 aliphatic rings. The highest BCUT2D eigenvalue weighted by Gasteiger charge is 2.16. The maximum atomic E-state index is 12.0. The van der Waals surface area contributed by atoms with E-state index < -0.39 is 4.92 Å². The molecule has 114 valence electrons. The van der Waals surface area contributed by atoms with Gasteiger partial charge >= 0.3 is 0 Å². The van der Waals surface area contributed by atoms with Crippen LogP contribution in [-0.2, 0) is 24.2 Å². The molecule has 1 aromatic carbocycles. The molecule has 1 amide bonds. The smallest absolute Gasteiger partial charge is 0.269 e. The Labute approximate surface area is 130 Å². The lowest BCUT2D eigenvalue weighted by Gasteiger charge is -2.09. The van der Waals surface area contributed by atoms with E-state index in [9.17, 15) is 14.9 Å². The third-order valence-electron chi connectivity index (χ3n) is 3.32. The Balaban J connectivity index is 1.62. The van der Waals surface area contributed by atoms with Gasteiger partial charge in [0.1, 0.15) is 5.01 Å². The number of nitro benzene ring substituents is 1. The van der Waals surface area contributed by atoms with Crippen molar-refractivity contribution in [3.8, 4) is 0 Å². The Morgan fingerprint density at radius 1 is 1.41 bits per heavy atom. The molecular formula is C14H14N4O3S. The van der Waals surface area contributed by atoms with E-state index in [2.05, 4.69) is 15.6 Å².